The second kappa shape index (κ2) is 9.66. The second-order valence-corrected chi connectivity index (χ2v) is 7.39. The fraction of sp³-hybridized carbons (Fsp3) is 0.292. The van der Waals surface area contributed by atoms with E-state index in [0.29, 0.717) is 17.9 Å². The van der Waals surface area contributed by atoms with Crippen LogP contribution in [0.4, 0.5) is 10.1 Å². The molecule has 1 saturated heterocycles. The van der Waals surface area contributed by atoms with Crippen molar-refractivity contribution in [1.29, 1.82) is 0 Å². The summed E-state index contributed by atoms with van der Waals surface area (Å²) < 4.78 is 30.2. The first kappa shape index (κ1) is 20.9. The lowest BCUT2D eigenvalue weighted by atomic mass is 10.2. The highest BCUT2D eigenvalue weighted by Crippen LogP contribution is 2.28. The summed E-state index contributed by atoms with van der Waals surface area (Å²) in [5.74, 6) is 1.16. The number of hydrogen-bond acceptors (Lipinski definition) is 6. The van der Waals surface area contributed by atoms with Crippen molar-refractivity contribution in [3.8, 4) is 11.5 Å². The van der Waals surface area contributed by atoms with Crippen LogP contribution in [0.25, 0.3) is 0 Å². The quantitative estimate of drug-likeness (QED) is 0.577. The van der Waals surface area contributed by atoms with Crippen LogP contribution in [0.15, 0.2) is 70.1 Å². The van der Waals surface area contributed by atoms with Crippen LogP contribution in [-0.2, 0) is 13.2 Å². The van der Waals surface area contributed by atoms with Crippen molar-refractivity contribution in [1.82, 2.24) is 4.90 Å². The van der Waals surface area contributed by atoms with Gasteiger partial charge in [-0.05, 0) is 18.2 Å². The molecule has 0 radical (unpaired) electrons. The molecule has 3 aromatic rings. The van der Waals surface area contributed by atoms with Crippen LogP contribution < -0.4 is 19.8 Å². The van der Waals surface area contributed by atoms with Gasteiger partial charge in [-0.1, -0.05) is 30.3 Å². The fourth-order valence-electron chi connectivity index (χ4n) is 3.66. The Morgan fingerprint density at radius 3 is 2.48 bits per heavy atom. The van der Waals surface area contributed by atoms with Crippen molar-refractivity contribution >= 4 is 5.69 Å². The van der Waals surface area contributed by atoms with E-state index < -0.39 is 0 Å². The number of para-hydroxylation sites is 2. The minimum atomic E-state index is -0.365. The normalized spacial score (nSPS) is 14.5. The van der Waals surface area contributed by atoms with Crippen LogP contribution >= 0.6 is 0 Å². The van der Waals surface area contributed by atoms with Gasteiger partial charge in [0.25, 0.3) is 0 Å². The molecule has 7 heteroatoms. The van der Waals surface area contributed by atoms with Gasteiger partial charge in [0.2, 0.25) is 11.2 Å². The molecular weight excluding hydrogens is 399 g/mol. The molecule has 0 N–H and O–H groups in total. The minimum absolute atomic E-state index is 0.0261. The summed E-state index contributed by atoms with van der Waals surface area (Å²) in [7, 11) is 1.68. The molecule has 6 nitrogen and oxygen atoms in total. The van der Waals surface area contributed by atoms with E-state index in [1.54, 1.807) is 25.3 Å². The van der Waals surface area contributed by atoms with E-state index in [-0.39, 0.29) is 23.6 Å². The van der Waals surface area contributed by atoms with Crippen LogP contribution in [0.5, 0.6) is 11.5 Å². The van der Waals surface area contributed by atoms with E-state index in [0.717, 1.165) is 37.6 Å². The molecule has 31 heavy (non-hydrogen) atoms. The Labute approximate surface area is 180 Å². The predicted octanol–water partition coefficient (Wildman–Crippen LogP) is 3.69. The molecule has 1 aliphatic heterocycles. The molecule has 0 atom stereocenters. The van der Waals surface area contributed by atoms with Crippen LogP contribution in [0.1, 0.15) is 11.3 Å². The fourth-order valence-corrected chi connectivity index (χ4v) is 3.66. The van der Waals surface area contributed by atoms with Crippen LogP contribution in [0.2, 0.25) is 0 Å². The van der Waals surface area contributed by atoms with Gasteiger partial charge in [-0.3, -0.25) is 9.69 Å². The second-order valence-electron chi connectivity index (χ2n) is 7.39. The van der Waals surface area contributed by atoms with Crippen LogP contribution in [0, 0.1) is 5.82 Å². The standard InChI is InChI=1S/C24H25FN2O4/c1-29-23-9-5-4-8-21(23)27-12-10-26(11-13-27)15-19-14-22(28)24(17-30-19)31-16-18-6-2-3-7-20(18)25/h2-9,14,17H,10-13,15-16H2,1H3. The third kappa shape index (κ3) is 5.06. The highest BCUT2D eigenvalue weighted by Gasteiger charge is 2.20. The Hall–Kier alpha value is -3.32. The van der Waals surface area contributed by atoms with Crippen molar-refractivity contribution in [3.63, 3.8) is 0 Å². The zero-order valence-electron chi connectivity index (χ0n) is 17.4. The van der Waals surface area contributed by atoms with Crippen molar-refractivity contribution in [2.24, 2.45) is 0 Å². The Kier molecular flexibility index (Phi) is 6.52. The van der Waals surface area contributed by atoms with Crippen molar-refractivity contribution in [3.05, 3.63) is 88.2 Å². The maximum Gasteiger partial charge on any atom is 0.227 e. The van der Waals surface area contributed by atoms with E-state index in [4.69, 9.17) is 13.9 Å². The van der Waals surface area contributed by atoms with E-state index in [9.17, 15) is 9.18 Å². The van der Waals surface area contributed by atoms with E-state index in [2.05, 4.69) is 15.9 Å². The number of hydrogen-bond donors (Lipinski definition) is 0. The molecule has 1 aromatic heterocycles. The maximum absolute atomic E-state index is 13.7. The van der Waals surface area contributed by atoms with Gasteiger partial charge >= 0.3 is 0 Å². The lowest BCUT2D eigenvalue weighted by molar-refractivity contribution is 0.224. The lowest BCUT2D eigenvalue weighted by Gasteiger charge is -2.36. The van der Waals surface area contributed by atoms with Gasteiger partial charge in [-0.2, -0.15) is 0 Å². The molecule has 1 aliphatic rings. The molecule has 2 aromatic carbocycles. The van der Waals surface area contributed by atoms with Gasteiger partial charge in [-0.25, -0.2) is 4.39 Å². The molecule has 2 heterocycles. The third-order valence-corrected chi connectivity index (χ3v) is 5.37. The largest absolute Gasteiger partial charge is 0.495 e. The molecular formula is C24H25FN2O4. The Bertz CT molecular complexity index is 1080. The van der Waals surface area contributed by atoms with Crippen LogP contribution in [0.3, 0.4) is 0 Å². The first-order valence-corrected chi connectivity index (χ1v) is 10.2. The van der Waals surface area contributed by atoms with Gasteiger partial charge in [-0.15, -0.1) is 0 Å². The molecule has 4 rings (SSSR count). The first-order chi connectivity index (χ1) is 15.1. The van der Waals surface area contributed by atoms with E-state index in [1.807, 2.05) is 18.2 Å². The number of ether oxygens (including phenoxy) is 2. The van der Waals surface area contributed by atoms with Gasteiger partial charge in [0, 0.05) is 37.8 Å². The Morgan fingerprint density at radius 2 is 1.74 bits per heavy atom. The third-order valence-electron chi connectivity index (χ3n) is 5.37. The molecule has 1 fully saturated rings. The molecule has 0 spiro atoms. The summed E-state index contributed by atoms with van der Waals surface area (Å²) >= 11 is 0. The summed E-state index contributed by atoms with van der Waals surface area (Å²) in [5, 5.41) is 0. The number of piperazine rings is 1. The summed E-state index contributed by atoms with van der Waals surface area (Å²) in [6.45, 7) is 3.91. The number of anilines is 1. The molecule has 0 saturated carbocycles. The number of benzene rings is 2. The van der Waals surface area contributed by atoms with Crippen LogP contribution in [-0.4, -0.2) is 38.2 Å². The van der Waals surface area contributed by atoms with Gasteiger partial charge in [0.15, 0.2) is 0 Å². The van der Waals surface area contributed by atoms with Gasteiger partial charge in [0.05, 0.1) is 19.3 Å². The highest BCUT2D eigenvalue weighted by atomic mass is 19.1. The molecule has 0 bridgehead atoms. The summed E-state index contributed by atoms with van der Waals surface area (Å²) in [5.41, 5.74) is 1.21. The molecule has 0 amide bonds. The molecule has 162 valence electrons. The zero-order chi connectivity index (χ0) is 21.6. The Morgan fingerprint density at radius 1 is 1.00 bits per heavy atom. The minimum Gasteiger partial charge on any atom is -0.495 e. The van der Waals surface area contributed by atoms with Crippen molar-refractivity contribution in [2.45, 2.75) is 13.2 Å². The van der Waals surface area contributed by atoms with Crippen molar-refractivity contribution < 1.29 is 18.3 Å². The van der Waals surface area contributed by atoms with Crippen molar-refractivity contribution in [2.75, 3.05) is 38.2 Å². The van der Waals surface area contributed by atoms with E-state index in [1.165, 1.54) is 18.4 Å². The number of rotatable bonds is 7. The maximum atomic E-state index is 13.7. The smallest absolute Gasteiger partial charge is 0.227 e. The monoisotopic (exact) mass is 424 g/mol. The average Bonchev–Trinajstić information content (AvgIpc) is 2.80. The number of halogens is 1. The lowest BCUT2D eigenvalue weighted by Crippen LogP contribution is -2.46. The summed E-state index contributed by atoms with van der Waals surface area (Å²) in [6, 6.07) is 15.8. The Balaban J connectivity index is 1.33. The number of methoxy groups -OCH3 is 1. The van der Waals surface area contributed by atoms with E-state index >= 15 is 0 Å². The highest BCUT2D eigenvalue weighted by molar-refractivity contribution is 5.58. The summed E-state index contributed by atoms with van der Waals surface area (Å²) in [6.07, 6.45) is 1.31. The molecule has 0 aliphatic carbocycles. The topological polar surface area (TPSA) is 55.2 Å². The van der Waals surface area contributed by atoms with Gasteiger partial charge in [0.1, 0.15) is 30.2 Å². The summed E-state index contributed by atoms with van der Waals surface area (Å²) in [4.78, 5) is 16.9. The average molecular weight is 424 g/mol. The number of nitrogens with zero attached hydrogens (tertiary/aromatic N) is 2. The molecule has 0 unspecified atom stereocenters. The first-order valence-electron chi connectivity index (χ1n) is 10.2. The SMILES string of the molecule is COc1ccccc1N1CCN(Cc2cc(=O)c(OCc3ccccc3F)co2)CC1. The predicted molar refractivity (Wildman–Crippen MR) is 116 cm³/mol. The van der Waals surface area contributed by atoms with Gasteiger partial charge < -0.3 is 18.8 Å². The zero-order valence-corrected chi connectivity index (χ0v) is 17.4.